The molecule has 12 heteroatoms. The maximum absolute atomic E-state index is 13.2. The summed E-state index contributed by atoms with van der Waals surface area (Å²) in [6.45, 7) is 4.89. The van der Waals surface area contributed by atoms with Crippen molar-refractivity contribution in [2.45, 2.75) is 17.3 Å². The SMILES string of the molecule is COc1cccc2c1N=CN1CC(NC(=O)c3nccc(SC)n3)(OCCCN3CCOCC3)N=C21. The number of para-hydroxylation sites is 1. The van der Waals surface area contributed by atoms with E-state index >= 15 is 0 Å². The summed E-state index contributed by atoms with van der Waals surface area (Å²) in [6.07, 6.45) is 5.95. The number of benzene rings is 1. The molecule has 2 aromatic rings. The molecule has 190 valence electrons. The molecule has 1 saturated heterocycles. The van der Waals surface area contributed by atoms with Crippen LogP contribution in [0.4, 0.5) is 5.69 Å². The Morgan fingerprint density at radius 2 is 2.14 bits per heavy atom. The summed E-state index contributed by atoms with van der Waals surface area (Å²) in [6, 6.07) is 7.44. The van der Waals surface area contributed by atoms with E-state index in [0.717, 1.165) is 44.8 Å². The number of methoxy groups -OCH3 is 1. The molecule has 4 heterocycles. The number of aliphatic imine (C=N–C) groups is 2. The number of carbonyl (C=O) groups excluding carboxylic acids is 1. The molecular formula is C24H29N7O4S. The van der Waals surface area contributed by atoms with Crippen LogP contribution in [0, 0.1) is 0 Å². The van der Waals surface area contributed by atoms with Crippen molar-refractivity contribution in [3.63, 3.8) is 0 Å². The molecule has 1 N–H and O–H groups in total. The zero-order valence-corrected chi connectivity index (χ0v) is 21.2. The Balaban J connectivity index is 1.38. The number of amides is 1. The highest BCUT2D eigenvalue weighted by atomic mass is 32.2. The summed E-state index contributed by atoms with van der Waals surface area (Å²) in [4.78, 5) is 35.4. The Labute approximate surface area is 214 Å². The number of carbonyl (C=O) groups is 1. The zero-order chi connectivity index (χ0) is 25.0. The molecule has 0 aliphatic carbocycles. The monoisotopic (exact) mass is 511 g/mol. The van der Waals surface area contributed by atoms with E-state index in [2.05, 4.69) is 25.2 Å². The second-order valence-corrected chi connectivity index (χ2v) is 9.31. The van der Waals surface area contributed by atoms with Gasteiger partial charge in [-0.2, -0.15) is 0 Å². The van der Waals surface area contributed by atoms with Crippen LogP contribution in [-0.2, 0) is 9.47 Å². The highest BCUT2D eigenvalue weighted by Gasteiger charge is 2.44. The summed E-state index contributed by atoms with van der Waals surface area (Å²) in [5.41, 5.74) is 1.51. The second kappa shape index (κ2) is 10.9. The molecule has 1 aromatic carbocycles. The van der Waals surface area contributed by atoms with Gasteiger partial charge in [0, 0.05) is 31.4 Å². The van der Waals surface area contributed by atoms with E-state index in [4.69, 9.17) is 19.2 Å². The fourth-order valence-corrected chi connectivity index (χ4v) is 4.72. The molecule has 0 bridgehead atoms. The minimum Gasteiger partial charge on any atom is -0.494 e. The fourth-order valence-electron chi connectivity index (χ4n) is 4.35. The highest BCUT2D eigenvalue weighted by molar-refractivity contribution is 7.98. The molecule has 11 nitrogen and oxygen atoms in total. The Hall–Kier alpha value is -3.06. The van der Waals surface area contributed by atoms with Crippen LogP contribution >= 0.6 is 11.8 Å². The van der Waals surface area contributed by atoms with Gasteiger partial charge in [-0.3, -0.25) is 9.69 Å². The smallest absolute Gasteiger partial charge is 0.292 e. The summed E-state index contributed by atoms with van der Waals surface area (Å²) >= 11 is 1.44. The number of rotatable bonds is 9. The molecule has 1 unspecified atom stereocenters. The number of aromatic nitrogens is 2. The van der Waals surface area contributed by atoms with Crippen LogP contribution in [-0.4, -0.2) is 103 Å². The van der Waals surface area contributed by atoms with Crippen molar-refractivity contribution in [3.8, 4) is 5.75 Å². The van der Waals surface area contributed by atoms with Crippen molar-refractivity contribution in [2.75, 3.05) is 59.4 Å². The van der Waals surface area contributed by atoms with Crippen molar-refractivity contribution in [2.24, 2.45) is 9.98 Å². The molecule has 1 aromatic heterocycles. The third-order valence-electron chi connectivity index (χ3n) is 6.14. The summed E-state index contributed by atoms with van der Waals surface area (Å²) < 4.78 is 17.2. The van der Waals surface area contributed by atoms with E-state index in [9.17, 15) is 4.79 Å². The van der Waals surface area contributed by atoms with Gasteiger partial charge in [-0.25, -0.2) is 20.0 Å². The van der Waals surface area contributed by atoms with Gasteiger partial charge in [0.15, 0.2) is 0 Å². The number of hydrogen-bond donors (Lipinski definition) is 1. The van der Waals surface area contributed by atoms with E-state index in [1.54, 1.807) is 25.7 Å². The lowest BCUT2D eigenvalue weighted by molar-refractivity contribution is -0.0582. The molecule has 3 aliphatic rings. The Bertz CT molecular complexity index is 1170. The molecule has 0 radical (unpaired) electrons. The lowest BCUT2D eigenvalue weighted by Gasteiger charge is -2.29. The van der Waals surface area contributed by atoms with Crippen LogP contribution < -0.4 is 10.1 Å². The van der Waals surface area contributed by atoms with E-state index in [1.807, 2.05) is 29.4 Å². The van der Waals surface area contributed by atoms with Gasteiger partial charge >= 0.3 is 0 Å². The Kier molecular flexibility index (Phi) is 7.46. The number of nitrogens with one attached hydrogen (secondary N) is 1. The van der Waals surface area contributed by atoms with Crippen molar-refractivity contribution < 1.29 is 19.0 Å². The van der Waals surface area contributed by atoms with Gasteiger partial charge < -0.3 is 24.4 Å². The van der Waals surface area contributed by atoms with Crippen LogP contribution in [0.1, 0.15) is 22.6 Å². The third-order valence-corrected chi connectivity index (χ3v) is 6.79. The molecule has 0 spiro atoms. The lowest BCUT2D eigenvalue weighted by Crippen LogP contribution is -2.53. The third kappa shape index (κ3) is 5.21. The van der Waals surface area contributed by atoms with Crippen LogP contribution in [0.15, 0.2) is 45.5 Å². The molecule has 36 heavy (non-hydrogen) atoms. The standard InChI is InChI=1S/C24H29N7O4S/c1-33-18-6-3-5-17-20(18)26-16-31-15-24(28-22(17)31,35-12-4-9-30-10-13-34-14-11-30)29-23(32)21-25-8-7-19(27-21)36-2/h3,5-8,16H,4,9-15H2,1-2H3,(H,29,32). The molecule has 3 aliphatic heterocycles. The van der Waals surface area contributed by atoms with Crippen LogP contribution in [0.5, 0.6) is 5.75 Å². The number of fused-ring (bicyclic) bond motifs is 3. The van der Waals surface area contributed by atoms with Crippen molar-refractivity contribution in [3.05, 3.63) is 41.9 Å². The first-order valence-corrected chi connectivity index (χ1v) is 13.0. The topological polar surface area (TPSA) is 114 Å². The average Bonchev–Trinajstić information content (AvgIpc) is 3.30. The van der Waals surface area contributed by atoms with E-state index in [-0.39, 0.29) is 12.4 Å². The van der Waals surface area contributed by atoms with Gasteiger partial charge in [0.1, 0.15) is 17.3 Å². The van der Waals surface area contributed by atoms with Gasteiger partial charge in [-0.05, 0) is 30.9 Å². The van der Waals surface area contributed by atoms with Gasteiger partial charge in [0.05, 0.1) is 44.8 Å². The van der Waals surface area contributed by atoms with Crippen LogP contribution in [0.2, 0.25) is 0 Å². The second-order valence-electron chi connectivity index (χ2n) is 8.48. The van der Waals surface area contributed by atoms with Crippen molar-refractivity contribution >= 4 is 35.5 Å². The zero-order valence-electron chi connectivity index (χ0n) is 20.3. The molecular weight excluding hydrogens is 482 g/mol. The fraction of sp³-hybridized carbons (Fsp3) is 0.458. The van der Waals surface area contributed by atoms with Crippen molar-refractivity contribution in [1.82, 2.24) is 25.1 Å². The first-order chi connectivity index (χ1) is 17.6. The van der Waals surface area contributed by atoms with E-state index in [0.29, 0.717) is 28.9 Å². The summed E-state index contributed by atoms with van der Waals surface area (Å²) in [5.74, 6) is -0.384. The maximum atomic E-state index is 13.2. The number of hydrogen-bond acceptors (Lipinski definition) is 11. The van der Waals surface area contributed by atoms with Crippen LogP contribution in [0.25, 0.3) is 0 Å². The number of ether oxygens (including phenoxy) is 3. The molecule has 0 saturated carbocycles. The Morgan fingerprint density at radius 3 is 2.94 bits per heavy atom. The highest BCUT2D eigenvalue weighted by Crippen LogP contribution is 2.37. The van der Waals surface area contributed by atoms with Gasteiger partial charge in [0.2, 0.25) is 5.82 Å². The van der Waals surface area contributed by atoms with E-state index in [1.165, 1.54) is 11.8 Å². The summed E-state index contributed by atoms with van der Waals surface area (Å²) in [7, 11) is 1.61. The predicted molar refractivity (Wildman–Crippen MR) is 136 cm³/mol. The molecule has 1 amide bonds. The molecule has 1 fully saturated rings. The van der Waals surface area contributed by atoms with Gasteiger partial charge in [-0.1, -0.05) is 6.07 Å². The predicted octanol–water partition coefficient (Wildman–Crippen LogP) is 1.77. The Morgan fingerprint density at radius 1 is 1.28 bits per heavy atom. The number of thioether (sulfide) groups is 1. The quantitative estimate of drug-likeness (QED) is 0.233. The maximum Gasteiger partial charge on any atom is 0.292 e. The first kappa shape index (κ1) is 24.6. The number of nitrogens with zero attached hydrogens (tertiary/aromatic N) is 6. The normalized spacial score (nSPS) is 21.1. The summed E-state index contributed by atoms with van der Waals surface area (Å²) in [5, 5.41) is 3.67. The minimum absolute atomic E-state index is 0.0685. The van der Waals surface area contributed by atoms with Gasteiger partial charge in [0.25, 0.3) is 11.8 Å². The molecule has 1 atom stereocenters. The first-order valence-electron chi connectivity index (χ1n) is 11.8. The average molecular weight is 512 g/mol. The number of morpholine rings is 1. The van der Waals surface area contributed by atoms with E-state index < -0.39 is 11.8 Å². The molecule has 5 rings (SSSR count). The van der Waals surface area contributed by atoms with Crippen molar-refractivity contribution in [1.29, 1.82) is 0 Å². The van der Waals surface area contributed by atoms with Crippen LogP contribution in [0.3, 0.4) is 0 Å². The minimum atomic E-state index is -1.31. The lowest BCUT2D eigenvalue weighted by atomic mass is 10.1. The van der Waals surface area contributed by atoms with Gasteiger partial charge in [-0.15, -0.1) is 11.8 Å². The largest absolute Gasteiger partial charge is 0.494 e. The number of amidine groups is 1.